The lowest BCUT2D eigenvalue weighted by Gasteiger charge is -1.95. The van der Waals surface area contributed by atoms with E-state index in [1.165, 1.54) is 0 Å². The fourth-order valence-electron chi connectivity index (χ4n) is 1.07. The molecule has 0 N–H and O–H groups in total. The van der Waals surface area contributed by atoms with Crippen LogP contribution in [0.2, 0.25) is 0 Å². The number of hydrogen-bond acceptors (Lipinski definition) is 6. The van der Waals surface area contributed by atoms with Crippen LogP contribution in [0.5, 0.6) is 0 Å². The molecular formula is C9H5F2N3O3. The van der Waals surface area contributed by atoms with Crippen molar-refractivity contribution in [2.75, 3.05) is 7.11 Å². The summed E-state index contributed by atoms with van der Waals surface area (Å²) in [5.74, 6) is -3.34. The van der Waals surface area contributed by atoms with E-state index in [1.54, 1.807) is 0 Å². The Bertz CT molecular complexity index is 570. The monoisotopic (exact) mass is 241 g/mol. The van der Waals surface area contributed by atoms with Crippen LogP contribution in [-0.4, -0.2) is 28.2 Å². The van der Waals surface area contributed by atoms with Crippen molar-refractivity contribution in [1.29, 1.82) is 0 Å². The molecule has 8 heteroatoms. The van der Waals surface area contributed by atoms with Gasteiger partial charge in [0.1, 0.15) is 11.5 Å². The van der Waals surface area contributed by atoms with E-state index in [2.05, 4.69) is 24.4 Å². The summed E-state index contributed by atoms with van der Waals surface area (Å²) in [5.41, 5.74) is -0.315. The lowest BCUT2D eigenvalue weighted by molar-refractivity contribution is 0.0545. The van der Waals surface area contributed by atoms with Gasteiger partial charge in [-0.15, -0.1) is 0 Å². The predicted molar refractivity (Wildman–Crippen MR) is 48.8 cm³/mol. The molecule has 0 aliphatic rings. The van der Waals surface area contributed by atoms with Crippen LogP contribution in [0, 0.1) is 11.6 Å². The van der Waals surface area contributed by atoms with Crippen molar-refractivity contribution in [1.82, 2.24) is 15.1 Å². The van der Waals surface area contributed by atoms with E-state index >= 15 is 0 Å². The highest BCUT2D eigenvalue weighted by Gasteiger charge is 2.19. The maximum absolute atomic E-state index is 13.3. The molecule has 88 valence electrons. The molecule has 2 aromatic rings. The zero-order valence-electron chi connectivity index (χ0n) is 8.48. The molecule has 17 heavy (non-hydrogen) atoms. The third-order valence-electron chi connectivity index (χ3n) is 1.81. The molecule has 0 fully saturated rings. The quantitative estimate of drug-likeness (QED) is 0.735. The van der Waals surface area contributed by atoms with Crippen molar-refractivity contribution < 1.29 is 22.8 Å². The Morgan fingerprint density at radius 1 is 1.47 bits per heavy atom. The Hall–Kier alpha value is -2.38. The molecule has 0 bridgehead atoms. The van der Waals surface area contributed by atoms with Gasteiger partial charge >= 0.3 is 11.9 Å². The Morgan fingerprint density at radius 3 is 2.88 bits per heavy atom. The number of rotatable bonds is 2. The first-order valence-electron chi connectivity index (χ1n) is 4.35. The topological polar surface area (TPSA) is 78.1 Å². The minimum absolute atomic E-state index is 0.261. The fraction of sp³-hybridized carbons (Fsp3) is 0.111. The molecule has 0 atom stereocenters. The maximum atomic E-state index is 13.3. The highest BCUT2D eigenvalue weighted by Crippen LogP contribution is 2.17. The van der Waals surface area contributed by atoms with Crippen LogP contribution in [0.4, 0.5) is 8.78 Å². The Morgan fingerprint density at radius 2 is 2.24 bits per heavy atom. The molecule has 0 amide bonds. The SMILES string of the molecule is COC(=O)c1nc(-c2ncc(F)cc2F)no1. The van der Waals surface area contributed by atoms with Gasteiger partial charge in [-0.25, -0.2) is 18.6 Å². The summed E-state index contributed by atoms with van der Waals surface area (Å²) >= 11 is 0. The number of pyridine rings is 1. The molecule has 6 nitrogen and oxygen atoms in total. The molecule has 0 radical (unpaired) electrons. The van der Waals surface area contributed by atoms with Crippen LogP contribution in [0.1, 0.15) is 10.7 Å². The normalized spacial score (nSPS) is 10.3. The van der Waals surface area contributed by atoms with Crippen molar-refractivity contribution in [3.8, 4) is 11.5 Å². The van der Waals surface area contributed by atoms with Gasteiger partial charge in [0.2, 0.25) is 5.82 Å². The fourth-order valence-corrected chi connectivity index (χ4v) is 1.07. The second kappa shape index (κ2) is 4.24. The van der Waals surface area contributed by atoms with E-state index < -0.39 is 23.5 Å². The van der Waals surface area contributed by atoms with Gasteiger partial charge < -0.3 is 9.26 Å². The summed E-state index contributed by atoms with van der Waals surface area (Å²) in [6, 6.07) is 0.622. The first-order chi connectivity index (χ1) is 8.11. The average molecular weight is 241 g/mol. The third kappa shape index (κ3) is 2.10. The highest BCUT2D eigenvalue weighted by molar-refractivity contribution is 5.84. The van der Waals surface area contributed by atoms with Crippen molar-refractivity contribution in [2.45, 2.75) is 0 Å². The molecule has 2 heterocycles. The molecule has 0 saturated carbocycles. The van der Waals surface area contributed by atoms with Crippen LogP contribution >= 0.6 is 0 Å². The standard InChI is InChI=1S/C9H5F2N3O3/c1-16-9(15)8-13-7(14-17-8)6-5(11)2-4(10)3-12-6/h2-3H,1H3. The lowest BCUT2D eigenvalue weighted by Crippen LogP contribution is -2.01. The average Bonchev–Trinajstić information content (AvgIpc) is 2.77. The third-order valence-corrected chi connectivity index (χ3v) is 1.81. The van der Waals surface area contributed by atoms with Gasteiger partial charge in [-0.3, -0.25) is 0 Å². The maximum Gasteiger partial charge on any atom is 0.397 e. The van der Waals surface area contributed by atoms with Crippen molar-refractivity contribution in [3.63, 3.8) is 0 Å². The van der Waals surface area contributed by atoms with Gasteiger partial charge in [-0.05, 0) is 0 Å². The minimum Gasteiger partial charge on any atom is -0.462 e. The predicted octanol–water partition coefficient (Wildman–Crippen LogP) is 1.20. The second-order valence-electron chi connectivity index (χ2n) is 2.90. The van der Waals surface area contributed by atoms with Crippen LogP contribution < -0.4 is 0 Å². The van der Waals surface area contributed by atoms with Crippen LogP contribution in [0.3, 0.4) is 0 Å². The molecule has 0 aliphatic carbocycles. The van der Waals surface area contributed by atoms with Crippen LogP contribution in [-0.2, 0) is 4.74 Å². The molecule has 0 spiro atoms. The molecule has 0 aliphatic heterocycles. The minimum atomic E-state index is -0.956. The lowest BCUT2D eigenvalue weighted by atomic mass is 10.3. The summed E-state index contributed by atoms with van der Waals surface area (Å²) < 4.78 is 34.7. The zero-order chi connectivity index (χ0) is 12.4. The van der Waals surface area contributed by atoms with E-state index in [9.17, 15) is 13.6 Å². The molecule has 2 aromatic heterocycles. The zero-order valence-corrected chi connectivity index (χ0v) is 8.48. The van der Waals surface area contributed by atoms with E-state index in [0.29, 0.717) is 6.07 Å². The number of hydrogen-bond donors (Lipinski definition) is 0. The molecule has 2 rings (SSSR count). The summed E-state index contributed by atoms with van der Waals surface area (Å²) in [5, 5.41) is 3.33. The molecular weight excluding hydrogens is 236 g/mol. The van der Waals surface area contributed by atoms with Crippen molar-refractivity contribution >= 4 is 5.97 Å². The summed E-state index contributed by atoms with van der Waals surface area (Å²) in [6.45, 7) is 0. The summed E-state index contributed by atoms with van der Waals surface area (Å²) in [7, 11) is 1.13. The Kier molecular flexibility index (Phi) is 2.77. The number of esters is 1. The first kappa shape index (κ1) is 11.1. The smallest absolute Gasteiger partial charge is 0.397 e. The summed E-state index contributed by atoms with van der Waals surface area (Å²) in [6.07, 6.45) is 0.798. The second-order valence-corrected chi connectivity index (χ2v) is 2.90. The van der Waals surface area contributed by atoms with Gasteiger partial charge in [0.25, 0.3) is 0 Å². The molecule has 0 saturated heterocycles. The largest absolute Gasteiger partial charge is 0.462 e. The Labute approximate surface area is 93.2 Å². The Balaban J connectivity index is 2.40. The van der Waals surface area contributed by atoms with Crippen LogP contribution in [0.15, 0.2) is 16.8 Å². The van der Waals surface area contributed by atoms with Gasteiger partial charge in [0, 0.05) is 6.07 Å². The number of nitrogens with zero attached hydrogens (tertiary/aromatic N) is 3. The molecule has 0 aromatic carbocycles. The van der Waals surface area contributed by atoms with E-state index in [4.69, 9.17) is 0 Å². The van der Waals surface area contributed by atoms with E-state index in [0.717, 1.165) is 13.3 Å². The highest BCUT2D eigenvalue weighted by atomic mass is 19.1. The van der Waals surface area contributed by atoms with E-state index in [1.807, 2.05) is 0 Å². The van der Waals surface area contributed by atoms with Crippen molar-refractivity contribution in [2.24, 2.45) is 0 Å². The van der Waals surface area contributed by atoms with Gasteiger partial charge in [-0.1, -0.05) is 5.16 Å². The van der Waals surface area contributed by atoms with Crippen LogP contribution in [0.25, 0.3) is 11.5 Å². The summed E-state index contributed by atoms with van der Waals surface area (Å²) in [4.78, 5) is 18.0. The van der Waals surface area contributed by atoms with Crippen molar-refractivity contribution in [3.05, 3.63) is 29.8 Å². The van der Waals surface area contributed by atoms with Gasteiger partial charge in [-0.2, -0.15) is 4.98 Å². The number of halogens is 2. The number of carbonyl (C=O) groups is 1. The first-order valence-corrected chi connectivity index (χ1v) is 4.35. The molecule has 0 unspecified atom stereocenters. The van der Waals surface area contributed by atoms with Gasteiger partial charge in [0.05, 0.1) is 13.3 Å². The number of methoxy groups -OCH3 is 1. The number of carbonyl (C=O) groups excluding carboxylic acids is 1. The van der Waals surface area contributed by atoms with E-state index in [-0.39, 0.29) is 11.5 Å². The van der Waals surface area contributed by atoms with Gasteiger partial charge in [0.15, 0.2) is 5.82 Å². The number of ether oxygens (including phenoxy) is 1. The number of aromatic nitrogens is 3.